The predicted molar refractivity (Wildman–Crippen MR) is 138 cm³/mol. The highest BCUT2D eigenvalue weighted by atomic mass is 35.5. The zero-order valence-corrected chi connectivity index (χ0v) is 22.3. The molecule has 3 aliphatic heterocycles. The summed E-state index contributed by atoms with van der Waals surface area (Å²) in [6.07, 6.45) is 6.30. The molecule has 0 aromatic heterocycles. The molecule has 3 amide bonds. The fourth-order valence-electron chi connectivity index (χ4n) is 6.70. The van der Waals surface area contributed by atoms with Crippen molar-refractivity contribution < 1.29 is 19.1 Å². The first-order chi connectivity index (χ1) is 16.9. The van der Waals surface area contributed by atoms with Crippen LogP contribution in [0.3, 0.4) is 0 Å². The van der Waals surface area contributed by atoms with Gasteiger partial charge in [-0.15, -0.1) is 0 Å². The Labute approximate surface area is 218 Å². The molecule has 1 saturated carbocycles. The zero-order chi connectivity index (χ0) is 26.0. The third kappa shape index (κ3) is 3.95. The molecule has 36 heavy (non-hydrogen) atoms. The zero-order valence-electron chi connectivity index (χ0n) is 21.6. The molecular weight excluding hydrogens is 478 g/mol. The summed E-state index contributed by atoms with van der Waals surface area (Å²) in [7, 11) is 0. The maximum Gasteiger partial charge on any atom is 0.246 e. The average Bonchev–Trinajstić information content (AvgIpc) is 3.45. The fraction of sp³-hybridized carbons (Fsp3) is 0.607. The Morgan fingerprint density at radius 2 is 1.81 bits per heavy atom. The van der Waals surface area contributed by atoms with Crippen LogP contribution in [0.25, 0.3) is 0 Å². The number of fused-ring (bicyclic) bond motifs is 1. The monoisotopic (exact) mass is 513 g/mol. The Hall–Kier alpha value is -2.38. The van der Waals surface area contributed by atoms with E-state index in [4.69, 9.17) is 16.3 Å². The van der Waals surface area contributed by atoms with E-state index in [9.17, 15) is 14.4 Å². The van der Waals surface area contributed by atoms with Crippen molar-refractivity contribution in [3.8, 4) is 0 Å². The van der Waals surface area contributed by atoms with Gasteiger partial charge in [-0.05, 0) is 63.3 Å². The van der Waals surface area contributed by atoms with Crippen molar-refractivity contribution in [1.29, 1.82) is 0 Å². The standard InChI is InChI=1S/C28H36ClN3O4/c1-15-7-6-8-19(16(15)2)31-25(34)23-28-14-13-20(36-28)21(22(28)26(35)32(23)27(3,4)5)24(33)30-18-11-9-17(29)10-12-18/h9-16,19-23H,6-8H2,1-5H3,(H,30,33)(H,31,34). The van der Waals surface area contributed by atoms with Gasteiger partial charge in [0.15, 0.2) is 0 Å². The Morgan fingerprint density at radius 3 is 2.47 bits per heavy atom. The van der Waals surface area contributed by atoms with E-state index >= 15 is 0 Å². The first-order valence-corrected chi connectivity index (χ1v) is 13.4. The Kier molecular flexibility index (Phi) is 6.23. The summed E-state index contributed by atoms with van der Waals surface area (Å²) in [5.41, 5.74) is -1.20. The lowest BCUT2D eigenvalue weighted by molar-refractivity contribution is -0.147. The van der Waals surface area contributed by atoms with Crippen LogP contribution >= 0.6 is 11.6 Å². The highest BCUT2D eigenvalue weighted by Crippen LogP contribution is 2.56. The second-order valence-corrected chi connectivity index (χ2v) is 12.4. The molecule has 0 radical (unpaired) electrons. The number of ether oxygens (including phenoxy) is 1. The molecular formula is C28H36ClN3O4. The van der Waals surface area contributed by atoms with Crippen molar-refractivity contribution in [2.24, 2.45) is 23.7 Å². The molecule has 2 N–H and O–H groups in total. The number of halogens is 1. The van der Waals surface area contributed by atoms with E-state index in [0.717, 1.165) is 19.3 Å². The Balaban J connectivity index is 1.46. The molecule has 8 unspecified atom stereocenters. The Morgan fingerprint density at radius 1 is 1.11 bits per heavy atom. The number of nitrogens with one attached hydrogen (secondary N) is 2. The summed E-state index contributed by atoms with van der Waals surface area (Å²) in [5, 5.41) is 6.77. The van der Waals surface area contributed by atoms with Crippen molar-refractivity contribution in [3.05, 3.63) is 41.4 Å². The quantitative estimate of drug-likeness (QED) is 0.591. The molecule has 7 nitrogen and oxygen atoms in total. The van der Waals surface area contributed by atoms with Gasteiger partial charge in [0.1, 0.15) is 11.6 Å². The normalized spacial score (nSPS) is 37.2. The molecule has 3 heterocycles. The van der Waals surface area contributed by atoms with Crippen molar-refractivity contribution in [2.75, 3.05) is 5.32 Å². The van der Waals surface area contributed by atoms with Gasteiger partial charge >= 0.3 is 0 Å². The van der Waals surface area contributed by atoms with Gasteiger partial charge in [-0.2, -0.15) is 0 Å². The molecule has 4 aliphatic rings. The van der Waals surface area contributed by atoms with E-state index in [1.54, 1.807) is 29.2 Å². The predicted octanol–water partition coefficient (Wildman–Crippen LogP) is 4.17. The molecule has 8 atom stereocenters. The van der Waals surface area contributed by atoms with E-state index in [0.29, 0.717) is 22.5 Å². The van der Waals surface area contributed by atoms with Gasteiger partial charge in [-0.3, -0.25) is 14.4 Å². The molecule has 2 saturated heterocycles. The summed E-state index contributed by atoms with van der Waals surface area (Å²) in [5.74, 6) is -1.32. The van der Waals surface area contributed by atoms with Gasteiger partial charge in [-0.25, -0.2) is 0 Å². The van der Waals surface area contributed by atoms with E-state index in [1.165, 1.54) is 0 Å². The lowest BCUT2D eigenvalue weighted by Crippen LogP contribution is -2.61. The van der Waals surface area contributed by atoms with Gasteiger partial charge in [0.05, 0.1) is 17.9 Å². The molecule has 1 aromatic rings. The molecule has 5 rings (SSSR count). The third-order valence-corrected chi connectivity index (χ3v) is 8.95. The molecule has 3 fully saturated rings. The maximum absolute atomic E-state index is 14.0. The number of carbonyl (C=O) groups excluding carboxylic acids is 3. The lowest BCUT2D eigenvalue weighted by atomic mass is 9.73. The Bertz CT molecular complexity index is 1100. The second kappa shape index (κ2) is 8.88. The van der Waals surface area contributed by atoms with E-state index in [-0.39, 0.29) is 23.8 Å². The number of carbonyl (C=O) groups is 3. The van der Waals surface area contributed by atoms with Gasteiger partial charge in [0.2, 0.25) is 17.7 Å². The number of hydrogen-bond donors (Lipinski definition) is 2. The first-order valence-electron chi connectivity index (χ1n) is 13.0. The molecule has 1 aliphatic carbocycles. The summed E-state index contributed by atoms with van der Waals surface area (Å²) in [6, 6.07) is 6.06. The maximum atomic E-state index is 14.0. The SMILES string of the molecule is CC1CCCC(NC(=O)C2N(C(C)(C)C)C(=O)C3C(C(=O)Nc4ccc(Cl)cc4)C4C=CC32O4)C1C. The van der Waals surface area contributed by atoms with E-state index < -0.39 is 35.1 Å². The van der Waals surface area contributed by atoms with Crippen LogP contribution in [-0.4, -0.2) is 51.9 Å². The van der Waals surface area contributed by atoms with Gasteiger partial charge in [0.25, 0.3) is 0 Å². The number of amides is 3. The smallest absolute Gasteiger partial charge is 0.246 e. The van der Waals surface area contributed by atoms with Crippen LogP contribution in [-0.2, 0) is 19.1 Å². The van der Waals surface area contributed by atoms with Crippen LogP contribution < -0.4 is 10.6 Å². The molecule has 1 aromatic carbocycles. The van der Waals surface area contributed by atoms with Crippen LogP contribution in [0.2, 0.25) is 5.02 Å². The second-order valence-electron chi connectivity index (χ2n) is 12.0. The summed E-state index contributed by atoms with van der Waals surface area (Å²) in [4.78, 5) is 43.1. The molecule has 1 spiro atoms. The number of anilines is 1. The van der Waals surface area contributed by atoms with Crippen LogP contribution in [0.1, 0.15) is 53.9 Å². The van der Waals surface area contributed by atoms with Gasteiger partial charge < -0.3 is 20.3 Å². The van der Waals surface area contributed by atoms with Crippen molar-refractivity contribution in [3.63, 3.8) is 0 Å². The minimum atomic E-state index is -1.16. The van der Waals surface area contributed by atoms with Crippen LogP contribution in [0.4, 0.5) is 5.69 Å². The topological polar surface area (TPSA) is 87.7 Å². The molecule has 8 heteroatoms. The highest BCUT2D eigenvalue weighted by molar-refractivity contribution is 6.30. The number of likely N-dealkylation sites (tertiary alicyclic amines) is 1. The van der Waals surface area contributed by atoms with Gasteiger partial charge in [-0.1, -0.05) is 50.4 Å². The van der Waals surface area contributed by atoms with Crippen molar-refractivity contribution >= 4 is 35.0 Å². The number of benzene rings is 1. The molecule has 2 bridgehead atoms. The highest BCUT2D eigenvalue weighted by Gasteiger charge is 2.74. The fourth-order valence-corrected chi connectivity index (χ4v) is 6.82. The third-order valence-electron chi connectivity index (χ3n) is 8.69. The van der Waals surface area contributed by atoms with E-state index in [2.05, 4.69) is 24.5 Å². The van der Waals surface area contributed by atoms with Gasteiger partial charge in [0, 0.05) is 22.3 Å². The summed E-state index contributed by atoms with van der Waals surface area (Å²) < 4.78 is 6.42. The minimum absolute atomic E-state index is 0.0557. The first kappa shape index (κ1) is 25.3. The largest absolute Gasteiger partial charge is 0.359 e. The van der Waals surface area contributed by atoms with Crippen LogP contribution in [0.5, 0.6) is 0 Å². The number of nitrogens with zero attached hydrogens (tertiary/aromatic N) is 1. The minimum Gasteiger partial charge on any atom is -0.359 e. The number of rotatable bonds is 4. The lowest BCUT2D eigenvalue weighted by Gasteiger charge is -2.41. The van der Waals surface area contributed by atoms with Crippen LogP contribution in [0.15, 0.2) is 36.4 Å². The summed E-state index contributed by atoms with van der Waals surface area (Å²) >= 11 is 5.98. The van der Waals surface area contributed by atoms with Crippen molar-refractivity contribution in [2.45, 2.75) is 83.2 Å². The van der Waals surface area contributed by atoms with Crippen LogP contribution in [0, 0.1) is 23.7 Å². The van der Waals surface area contributed by atoms with Crippen molar-refractivity contribution in [1.82, 2.24) is 10.2 Å². The van der Waals surface area contributed by atoms with E-state index in [1.807, 2.05) is 32.9 Å². The average molecular weight is 514 g/mol. The number of hydrogen-bond acceptors (Lipinski definition) is 4. The summed E-state index contributed by atoms with van der Waals surface area (Å²) in [6.45, 7) is 10.2. The molecule has 194 valence electrons.